The van der Waals surface area contributed by atoms with Crippen molar-refractivity contribution >= 4 is 16.5 Å². The Morgan fingerprint density at radius 2 is 1.61 bits per heavy atom. The molecular formula is C25H28N2O. The standard InChI is InChI=1S/C25H28N2O/c28-16-15-27-19-25(23-7-3-4-8-24(23)27)11-13-26(14-12-25)18-20-9-10-21-5-1-2-6-22(21)17-20/h1-10,17,28H,11-16,18-19H2. The van der Waals surface area contributed by atoms with Gasteiger partial charge in [0.05, 0.1) is 6.61 Å². The Bertz CT molecular complexity index is 975. The lowest BCUT2D eigenvalue weighted by Crippen LogP contribution is -2.45. The van der Waals surface area contributed by atoms with Crippen LogP contribution in [0.15, 0.2) is 66.7 Å². The minimum absolute atomic E-state index is 0.221. The van der Waals surface area contributed by atoms with Gasteiger partial charge in [0.25, 0.3) is 0 Å². The average Bonchev–Trinajstić information content (AvgIpc) is 3.04. The summed E-state index contributed by atoms with van der Waals surface area (Å²) >= 11 is 0. The number of β-amino-alcohol motifs (C(OH)–C–C–N with tert-alkyl or cyclic N) is 1. The van der Waals surface area contributed by atoms with Gasteiger partial charge in [0.2, 0.25) is 0 Å². The number of aliphatic hydroxyl groups excluding tert-OH is 1. The van der Waals surface area contributed by atoms with Crippen LogP contribution in [0, 0.1) is 0 Å². The number of fused-ring (bicyclic) bond motifs is 3. The normalized spacial score (nSPS) is 18.7. The van der Waals surface area contributed by atoms with E-state index in [0.717, 1.165) is 32.7 Å². The predicted octanol–water partition coefficient (Wildman–Crippen LogP) is 4.19. The van der Waals surface area contributed by atoms with Gasteiger partial charge in [-0.05, 0) is 60.0 Å². The number of hydrogen-bond donors (Lipinski definition) is 1. The zero-order chi connectivity index (χ0) is 19.0. The van der Waals surface area contributed by atoms with Crippen LogP contribution in [-0.4, -0.2) is 42.8 Å². The van der Waals surface area contributed by atoms with Gasteiger partial charge in [0.1, 0.15) is 0 Å². The molecular weight excluding hydrogens is 344 g/mol. The van der Waals surface area contributed by atoms with Crippen LogP contribution >= 0.6 is 0 Å². The molecule has 1 N–H and O–H groups in total. The first-order valence-electron chi connectivity index (χ1n) is 10.4. The first-order valence-corrected chi connectivity index (χ1v) is 10.4. The molecule has 2 aliphatic rings. The number of rotatable bonds is 4. The molecule has 1 saturated heterocycles. The molecule has 3 aromatic carbocycles. The SMILES string of the molecule is OCCN1CC2(CCN(Cc3ccc4ccccc4c3)CC2)c2ccccc21. The number of benzene rings is 3. The maximum atomic E-state index is 9.47. The number of likely N-dealkylation sites (tertiary alicyclic amines) is 1. The van der Waals surface area contributed by atoms with Gasteiger partial charge in [-0.25, -0.2) is 0 Å². The van der Waals surface area contributed by atoms with Crippen molar-refractivity contribution in [3.05, 3.63) is 77.9 Å². The Kier molecular flexibility index (Phi) is 4.58. The van der Waals surface area contributed by atoms with Crippen LogP contribution in [0.4, 0.5) is 5.69 Å². The van der Waals surface area contributed by atoms with Gasteiger partial charge in [-0.15, -0.1) is 0 Å². The monoisotopic (exact) mass is 372 g/mol. The van der Waals surface area contributed by atoms with Crippen molar-refractivity contribution < 1.29 is 5.11 Å². The van der Waals surface area contributed by atoms with E-state index < -0.39 is 0 Å². The van der Waals surface area contributed by atoms with Gasteiger partial charge >= 0.3 is 0 Å². The van der Waals surface area contributed by atoms with Crippen LogP contribution in [0.3, 0.4) is 0 Å². The summed E-state index contributed by atoms with van der Waals surface area (Å²) in [5.41, 5.74) is 4.49. The minimum Gasteiger partial charge on any atom is -0.395 e. The lowest BCUT2D eigenvalue weighted by atomic mass is 9.74. The highest BCUT2D eigenvalue weighted by Crippen LogP contribution is 2.46. The molecule has 3 heteroatoms. The first kappa shape index (κ1) is 17.7. The van der Waals surface area contributed by atoms with E-state index in [9.17, 15) is 5.11 Å². The van der Waals surface area contributed by atoms with Crippen molar-refractivity contribution in [1.82, 2.24) is 4.90 Å². The van der Waals surface area contributed by atoms with Gasteiger partial charge in [-0.3, -0.25) is 4.90 Å². The third-order valence-corrected chi connectivity index (χ3v) is 6.71. The molecule has 0 amide bonds. The largest absolute Gasteiger partial charge is 0.395 e. The van der Waals surface area contributed by atoms with Crippen molar-refractivity contribution in [2.75, 3.05) is 37.7 Å². The molecule has 0 unspecified atom stereocenters. The summed E-state index contributed by atoms with van der Waals surface area (Å²) in [5.74, 6) is 0. The van der Waals surface area contributed by atoms with Crippen LogP contribution in [0.2, 0.25) is 0 Å². The molecule has 0 radical (unpaired) electrons. The van der Waals surface area contributed by atoms with Gasteiger partial charge in [-0.2, -0.15) is 0 Å². The van der Waals surface area contributed by atoms with E-state index >= 15 is 0 Å². The third kappa shape index (κ3) is 3.09. The van der Waals surface area contributed by atoms with E-state index in [-0.39, 0.29) is 12.0 Å². The van der Waals surface area contributed by atoms with E-state index in [1.54, 1.807) is 0 Å². The van der Waals surface area contributed by atoms with E-state index in [1.807, 2.05) is 0 Å². The predicted molar refractivity (Wildman–Crippen MR) is 116 cm³/mol. The van der Waals surface area contributed by atoms with Gasteiger partial charge in [-0.1, -0.05) is 54.6 Å². The smallest absolute Gasteiger partial charge is 0.0606 e. The highest BCUT2D eigenvalue weighted by atomic mass is 16.3. The van der Waals surface area contributed by atoms with Crippen molar-refractivity contribution in [3.63, 3.8) is 0 Å². The van der Waals surface area contributed by atoms with Crippen molar-refractivity contribution in [1.29, 1.82) is 0 Å². The summed E-state index contributed by atoms with van der Waals surface area (Å²) in [4.78, 5) is 4.99. The van der Waals surface area contributed by atoms with E-state index in [2.05, 4.69) is 76.5 Å². The number of aliphatic hydroxyl groups is 1. The zero-order valence-electron chi connectivity index (χ0n) is 16.3. The van der Waals surface area contributed by atoms with Crippen LogP contribution < -0.4 is 4.90 Å². The lowest BCUT2D eigenvalue weighted by molar-refractivity contribution is 0.159. The molecule has 0 aliphatic carbocycles. The second kappa shape index (κ2) is 7.23. The third-order valence-electron chi connectivity index (χ3n) is 6.71. The summed E-state index contributed by atoms with van der Waals surface area (Å²) in [6.45, 7) is 5.31. The highest BCUT2D eigenvalue weighted by Gasteiger charge is 2.44. The fourth-order valence-corrected chi connectivity index (χ4v) is 5.22. The summed E-state index contributed by atoms with van der Waals surface area (Å²) < 4.78 is 0. The summed E-state index contributed by atoms with van der Waals surface area (Å²) in [6.07, 6.45) is 2.39. The zero-order valence-corrected chi connectivity index (χ0v) is 16.3. The number of para-hydroxylation sites is 1. The molecule has 1 fully saturated rings. The molecule has 28 heavy (non-hydrogen) atoms. The molecule has 5 rings (SSSR count). The molecule has 3 nitrogen and oxygen atoms in total. The summed E-state index contributed by atoms with van der Waals surface area (Å²) in [7, 11) is 0. The fourth-order valence-electron chi connectivity index (χ4n) is 5.22. The average molecular weight is 373 g/mol. The van der Waals surface area contributed by atoms with Gasteiger partial charge in [0.15, 0.2) is 0 Å². The second-order valence-corrected chi connectivity index (χ2v) is 8.40. The number of piperidine rings is 1. The molecule has 0 aromatic heterocycles. The highest BCUT2D eigenvalue weighted by molar-refractivity contribution is 5.83. The van der Waals surface area contributed by atoms with Crippen molar-refractivity contribution in [2.45, 2.75) is 24.8 Å². The molecule has 2 heterocycles. The first-order chi connectivity index (χ1) is 13.8. The number of hydrogen-bond acceptors (Lipinski definition) is 3. The Balaban J connectivity index is 1.31. The maximum Gasteiger partial charge on any atom is 0.0606 e. The second-order valence-electron chi connectivity index (χ2n) is 8.40. The van der Waals surface area contributed by atoms with Crippen LogP contribution in [0.25, 0.3) is 10.8 Å². The lowest BCUT2D eigenvalue weighted by Gasteiger charge is -2.40. The molecule has 0 atom stereocenters. The number of nitrogens with zero attached hydrogens (tertiary/aromatic N) is 2. The van der Waals surface area contributed by atoms with Gasteiger partial charge < -0.3 is 10.0 Å². The molecule has 0 bridgehead atoms. The van der Waals surface area contributed by atoms with Gasteiger partial charge in [0, 0.05) is 30.7 Å². The minimum atomic E-state index is 0.221. The Hall–Kier alpha value is -2.36. The molecule has 1 spiro atoms. The number of anilines is 1. The fraction of sp³-hybridized carbons (Fsp3) is 0.360. The van der Waals surface area contributed by atoms with Crippen molar-refractivity contribution in [3.8, 4) is 0 Å². The summed E-state index contributed by atoms with van der Waals surface area (Å²) in [6, 6.07) is 24.3. The molecule has 0 saturated carbocycles. The van der Waals surface area contributed by atoms with E-state index in [1.165, 1.54) is 40.4 Å². The Labute approximate surface area is 167 Å². The van der Waals surface area contributed by atoms with Crippen molar-refractivity contribution in [2.24, 2.45) is 0 Å². The molecule has 2 aliphatic heterocycles. The Morgan fingerprint density at radius 3 is 2.43 bits per heavy atom. The quantitative estimate of drug-likeness (QED) is 0.744. The molecule has 144 valence electrons. The maximum absolute atomic E-state index is 9.47. The summed E-state index contributed by atoms with van der Waals surface area (Å²) in [5, 5.41) is 12.1. The van der Waals surface area contributed by atoms with E-state index in [4.69, 9.17) is 0 Å². The Morgan fingerprint density at radius 1 is 0.857 bits per heavy atom. The topological polar surface area (TPSA) is 26.7 Å². The van der Waals surface area contributed by atoms with Crippen LogP contribution in [-0.2, 0) is 12.0 Å². The molecule has 3 aromatic rings. The van der Waals surface area contributed by atoms with Crippen LogP contribution in [0.5, 0.6) is 0 Å². The van der Waals surface area contributed by atoms with Crippen LogP contribution in [0.1, 0.15) is 24.0 Å². The van der Waals surface area contributed by atoms with E-state index in [0.29, 0.717) is 0 Å².